The molecule has 5 nitrogen and oxygen atoms in total. The molecule has 1 saturated heterocycles. The summed E-state index contributed by atoms with van der Waals surface area (Å²) < 4.78 is 5.81. The second-order valence-corrected chi connectivity index (χ2v) is 8.20. The third-order valence-corrected chi connectivity index (χ3v) is 5.79. The fraction of sp³-hybridized carbons (Fsp3) is 0.522. The number of aryl methyl sites for hydroxylation is 2. The Balaban J connectivity index is 1.56. The predicted molar refractivity (Wildman–Crippen MR) is 109 cm³/mol. The van der Waals surface area contributed by atoms with Gasteiger partial charge in [-0.05, 0) is 63.6 Å². The van der Waals surface area contributed by atoms with Crippen LogP contribution >= 0.6 is 0 Å². The molecular weight excluding hydrogens is 350 g/mol. The summed E-state index contributed by atoms with van der Waals surface area (Å²) in [6.45, 7) is 6.28. The Morgan fingerprint density at radius 3 is 2.50 bits per heavy atom. The summed E-state index contributed by atoms with van der Waals surface area (Å²) in [6, 6.07) is 9.69. The van der Waals surface area contributed by atoms with E-state index in [4.69, 9.17) is 4.74 Å². The van der Waals surface area contributed by atoms with E-state index in [-0.39, 0.29) is 12.0 Å². The number of amides is 1. The number of hydrogen-bond donors (Lipinski definition) is 0. The molecule has 0 unspecified atom stereocenters. The van der Waals surface area contributed by atoms with Crippen molar-refractivity contribution in [3.63, 3.8) is 0 Å². The van der Waals surface area contributed by atoms with Crippen LogP contribution in [0.15, 0.2) is 30.3 Å². The second kappa shape index (κ2) is 8.39. The van der Waals surface area contributed by atoms with Crippen LogP contribution in [0.5, 0.6) is 0 Å². The lowest BCUT2D eigenvalue weighted by Gasteiger charge is -2.33. The van der Waals surface area contributed by atoms with Crippen LogP contribution in [0.3, 0.4) is 0 Å². The van der Waals surface area contributed by atoms with Gasteiger partial charge in [-0.25, -0.2) is 9.97 Å². The maximum absolute atomic E-state index is 13.4. The third kappa shape index (κ3) is 4.41. The van der Waals surface area contributed by atoms with Gasteiger partial charge in [-0.15, -0.1) is 0 Å². The fourth-order valence-electron chi connectivity index (χ4n) is 4.09. The van der Waals surface area contributed by atoms with Gasteiger partial charge in [0.25, 0.3) is 5.91 Å². The minimum atomic E-state index is 0.0913. The molecule has 2 heterocycles. The van der Waals surface area contributed by atoms with Gasteiger partial charge >= 0.3 is 0 Å². The first-order valence-corrected chi connectivity index (χ1v) is 10.4. The molecule has 2 aromatic rings. The molecule has 0 radical (unpaired) electrons. The van der Waals surface area contributed by atoms with Crippen molar-refractivity contribution in [3.8, 4) is 11.4 Å². The van der Waals surface area contributed by atoms with E-state index in [1.165, 1.54) is 19.3 Å². The maximum atomic E-state index is 13.4. The summed E-state index contributed by atoms with van der Waals surface area (Å²) in [6.07, 6.45) is 6.06. The van der Waals surface area contributed by atoms with Gasteiger partial charge in [0, 0.05) is 42.2 Å². The SMILES string of the molecule is Cc1cc(C)nc(-c2cccc(C(=O)N(CC3CCC3)C[C@H]3CCCO3)c2)n1. The van der Waals surface area contributed by atoms with Crippen molar-refractivity contribution in [2.24, 2.45) is 5.92 Å². The quantitative estimate of drug-likeness (QED) is 0.755. The normalized spacial score (nSPS) is 19.4. The number of aromatic nitrogens is 2. The first-order chi connectivity index (χ1) is 13.6. The minimum Gasteiger partial charge on any atom is -0.376 e. The van der Waals surface area contributed by atoms with Gasteiger partial charge < -0.3 is 9.64 Å². The van der Waals surface area contributed by atoms with Gasteiger partial charge in [0.2, 0.25) is 0 Å². The van der Waals surface area contributed by atoms with Crippen LogP contribution in [0.1, 0.15) is 53.8 Å². The van der Waals surface area contributed by atoms with E-state index in [0.29, 0.717) is 23.9 Å². The van der Waals surface area contributed by atoms with Crippen LogP contribution in [-0.4, -0.2) is 46.6 Å². The van der Waals surface area contributed by atoms with Crippen LogP contribution < -0.4 is 0 Å². The number of carbonyl (C=O) groups is 1. The van der Waals surface area contributed by atoms with Crippen molar-refractivity contribution in [1.82, 2.24) is 14.9 Å². The van der Waals surface area contributed by atoms with E-state index >= 15 is 0 Å². The molecule has 0 bridgehead atoms. The number of nitrogens with zero attached hydrogens (tertiary/aromatic N) is 3. The summed E-state index contributed by atoms with van der Waals surface area (Å²) in [7, 11) is 0. The molecule has 1 aromatic heterocycles. The van der Waals surface area contributed by atoms with Crippen LogP contribution in [0.2, 0.25) is 0 Å². The second-order valence-electron chi connectivity index (χ2n) is 8.20. The summed E-state index contributed by atoms with van der Waals surface area (Å²) >= 11 is 0. The molecule has 0 spiro atoms. The van der Waals surface area contributed by atoms with E-state index in [9.17, 15) is 4.79 Å². The first kappa shape index (κ1) is 19.1. The van der Waals surface area contributed by atoms with Gasteiger partial charge in [0.15, 0.2) is 5.82 Å². The molecular formula is C23H29N3O2. The molecule has 0 N–H and O–H groups in total. The third-order valence-electron chi connectivity index (χ3n) is 5.79. The van der Waals surface area contributed by atoms with Crippen molar-refractivity contribution in [2.45, 2.75) is 52.1 Å². The zero-order valence-corrected chi connectivity index (χ0v) is 16.9. The van der Waals surface area contributed by atoms with E-state index < -0.39 is 0 Å². The highest BCUT2D eigenvalue weighted by molar-refractivity contribution is 5.95. The zero-order chi connectivity index (χ0) is 19.5. The molecule has 2 aliphatic rings. The molecule has 1 aromatic carbocycles. The smallest absolute Gasteiger partial charge is 0.253 e. The lowest BCUT2D eigenvalue weighted by Crippen LogP contribution is -2.41. The number of benzene rings is 1. The molecule has 1 saturated carbocycles. The topological polar surface area (TPSA) is 55.3 Å². The lowest BCUT2D eigenvalue weighted by molar-refractivity contribution is 0.0448. The molecule has 1 aliphatic heterocycles. The molecule has 1 aliphatic carbocycles. The number of ether oxygens (including phenoxy) is 1. The standard InChI is InChI=1S/C23H29N3O2/c1-16-12-17(2)25-22(24-16)19-8-4-9-20(13-19)23(27)26(14-18-6-3-7-18)15-21-10-5-11-28-21/h4,8-9,12-13,18,21H,3,5-7,10-11,14-15H2,1-2H3/t21-/m1/s1. The van der Waals surface area contributed by atoms with Gasteiger partial charge in [-0.2, -0.15) is 0 Å². The van der Waals surface area contributed by atoms with Crippen molar-refractivity contribution in [1.29, 1.82) is 0 Å². The van der Waals surface area contributed by atoms with Crippen LogP contribution in [0.4, 0.5) is 0 Å². The molecule has 28 heavy (non-hydrogen) atoms. The van der Waals surface area contributed by atoms with E-state index in [0.717, 1.165) is 42.9 Å². The van der Waals surface area contributed by atoms with Crippen LogP contribution in [-0.2, 0) is 4.74 Å². The highest BCUT2D eigenvalue weighted by Gasteiger charge is 2.28. The maximum Gasteiger partial charge on any atom is 0.253 e. The van der Waals surface area contributed by atoms with E-state index in [2.05, 4.69) is 9.97 Å². The molecule has 5 heteroatoms. The monoisotopic (exact) mass is 379 g/mol. The average molecular weight is 380 g/mol. The Morgan fingerprint density at radius 1 is 1.07 bits per heavy atom. The van der Waals surface area contributed by atoms with Gasteiger partial charge in [-0.1, -0.05) is 18.6 Å². The van der Waals surface area contributed by atoms with Gasteiger partial charge in [0.1, 0.15) is 0 Å². The first-order valence-electron chi connectivity index (χ1n) is 10.4. The van der Waals surface area contributed by atoms with Crippen molar-refractivity contribution >= 4 is 5.91 Å². The Morgan fingerprint density at radius 2 is 1.86 bits per heavy atom. The number of rotatable bonds is 6. The Kier molecular flexibility index (Phi) is 5.72. The molecule has 148 valence electrons. The number of hydrogen-bond acceptors (Lipinski definition) is 4. The van der Waals surface area contributed by atoms with E-state index in [1.807, 2.05) is 49.1 Å². The molecule has 1 amide bonds. The van der Waals surface area contributed by atoms with Gasteiger partial charge in [0.05, 0.1) is 6.10 Å². The predicted octanol–water partition coefficient (Wildman–Crippen LogP) is 4.18. The molecule has 1 atom stereocenters. The Labute approximate surface area is 167 Å². The van der Waals surface area contributed by atoms with Crippen molar-refractivity contribution < 1.29 is 9.53 Å². The summed E-state index contributed by atoms with van der Waals surface area (Å²) in [5, 5.41) is 0. The highest BCUT2D eigenvalue weighted by Crippen LogP contribution is 2.28. The average Bonchev–Trinajstić information content (AvgIpc) is 3.15. The summed E-state index contributed by atoms with van der Waals surface area (Å²) in [5.41, 5.74) is 3.46. The lowest BCUT2D eigenvalue weighted by atomic mass is 9.85. The van der Waals surface area contributed by atoms with Crippen LogP contribution in [0, 0.1) is 19.8 Å². The fourth-order valence-corrected chi connectivity index (χ4v) is 4.09. The van der Waals surface area contributed by atoms with E-state index in [1.54, 1.807) is 0 Å². The van der Waals surface area contributed by atoms with Crippen molar-refractivity contribution in [2.75, 3.05) is 19.7 Å². The molecule has 2 fully saturated rings. The Hall–Kier alpha value is -2.27. The summed E-state index contributed by atoms with van der Waals surface area (Å²) in [5.74, 6) is 1.40. The molecule has 4 rings (SSSR count). The zero-order valence-electron chi connectivity index (χ0n) is 16.9. The van der Waals surface area contributed by atoms with Crippen LogP contribution in [0.25, 0.3) is 11.4 Å². The minimum absolute atomic E-state index is 0.0913. The summed E-state index contributed by atoms with van der Waals surface area (Å²) in [4.78, 5) is 24.5. The van der Waals surface area contributed by atoms with Gasteiger partial charge in [-0.3, -0.25) is 4.79 Å². The number of carbonyl (C=O) groups excluding carboxylic acids is 1. The van der Waals surface area contributed by atoms with Crippen molar-refractivity contribution in [3.05, 3.63) is 47.3 Å². The highest BCUT2D eigenvalue weighted by atomic mass is 16.5. The Bertz CT molecular complexity index is 821. The largest absolute Gasteiger partial charge is 0.376 e.